The fourth-order valence-corrected chi connectivity index (χ4v) is 4.00. The van der Waals surface area contributed by atoms with Crippen molar-refractivity contribution >= 4 is 11.7 Å². The molecule has 26 heavy (non-hydrogen) atoms. The molecule has 0 bridgehead atoms. The van der Waals surface area contributed by atoms with Crippen molar-refractivity contribution in [1.29, 1.82) is 0 Å². The Hall–Kier alpha value is -2.60. The van der Waals surface area contributed by atoms with Crippen LogP contribution in [-0.2, 0) is 4.74 Å². The van der Waals surface area contributed by atoms with Crippen molar-refractivity contribution in [1.82, 2.24) is 0 Å². The van der Waals surface area contributed by atoms with Crippen LogP contribution in [-0.4, -0.2) is 24.8 Å². The van der Waals surface area contributed by atoms with E-state index in [1.54, 1.807) is 13.2 Å². The molecule has 2 aliphatic heterocycles. The Kier molecular flexibility index (Phi) is 4.28. The number of anilines is 1. The number of fused-ring (bicyclic) bond motifs is 3. The van der Waals surface area contributed by atoms with Crippen LogP contribution in [0, 0.1) is 11.7 Å². The molecular weight excluding hydrogens is 337 g/mol. The molecular formula is C20H20FNO4. The molecule has 6 heteroatoms. The highest BCUT2D eigenvalue weighted by atomic mass is 19.1. The summed E-state index contributed by atoms with van der Waals surface area (Å²) in [5.41, 5.74) is 2.40. The predicted octanol–water partition coefficient (Wildman–Crippen LogP) is 4.17. The zero-order chi connectivity index (χ0) is 18.3. The number of nitrogens with one attached hydrogen (secondary N) is 1. The van der Waals surface area contributed by atoms with Crippen LogP contribution >= 0.6 is 0 Å². The van der Waals surface area contributed by atoms with Gasteiger partial charge < -0.3 is 19.9 Å². The van der Waals surface area contributed by atoms with Gasteiger partial charge in [-0.25, -0.2) is 9.18 Å². The monoisotopic (exact) mass is 357 g/mol. The highest BCUT2D eigenvalue weighted by Gasteiger charge is 2.40. The molecule has 0 aliphatic carbocycles. The topological polar surface area (TPSA) is 67.8 Å². The molecule has 2 N–H and O–H groups in total. The van der Waals surface area contributed by atoms with Crippen molar-refractivity contribution in [3.8, 4) is 5.75 Å². The fourth-order valence-electron chi connectivity index (χ4n) is 4.00. The molecule has 2 aliphatic rings. The van der Waals surface area contributed by atoms with Gasteiger partial charge in [-0.2, -0.15) is 0 Å². The molecule has 0 saturated carbocycles. The minimum Gasteiger partial charge on any atom is -0.497 e. The Balaban J connectivity index is 1.75. The van der Waals surface area contributed by atoms with Gasteiger partial charge in [0, 0.05) is 23.8 Å². The van der Waals surface area contributed by atoms with Crippen LogP contribution in [0.3, 0.4) is 0 Å². The first-order valence-electron chi connectivity index (χ1n) is 8.67. The van der Waals surface area contributed by atoms with E-state index in [0.29, 0.717) is 6.61 Å². The van der Waals surface area contributed by atoms with Gasteiger partial charge in [0.2, 0.25) is 0 Å². The maximum Gasteiger partial charge on any atom is 0.338 e. The van der Waals surface area contributed by atoms with Crippen molar-refractivity contribution in [2.24, 2.45) is 5.92 Å². The Bertz CT molecular complexity index is 854. The highest BCUT2D eigenvalue weighted by Crippen LogP contribution is 2.49. The summed E-state index contributed by atoms with van der Waals surface area (Å²) in [6.45, 7) is 0.691. The minimum absolute atomic E-state index is 0.0951. The van der Waals surface area contributed by atoms with Crippen LogP contribution in [0.1, 0.15) is 46.5 Å². The lowest BCUT2D eigenvalue weighted by molar-refractivity contribution is -0.0382. The summed E-state index contributed by atoms with van der Waals surface area (Å²) in [5, 5.41) is 12.5. The summed E-state index contributed by atoms with van der Waals surface area (Å²) in [6.07, 6.45) is 1.79. The van der Waals surface area contributed by atoms with E-state index in [0.717, 1.165) is 35.4 Å². The van der Waals surface area contributed by atoms with Gasteiger partial charge in [0.05, 0.1) is 24.8 Å². The summed E-state index contributed by atoms with van der Waals surface area (Å²) < 4.78 is 25.6. The van der Waals surface area contributed by atoms with Gasteiger partial charge in [0.15, 0.2) is 0 Å². The van der Waals surface area contributed by atoms with Crippen LogP contribution in [0.4, 0.5) is 10.1 Å². The standard InChI is InChI=1S/C20H20FNO4/c1-25-12-5-7-17-15(10-12)19-14(3-2-8-26-19)18(22-17)11-4-6-13(20(23)24)16(21)9-11/h4-7,9-10,14,18-19,22H,2-3,8H2,1H3,(H,23,24)/t14-,18-,19-/m1/s1. The average molecular weight is 357 g/mol. The van der Waals surface area contributed by atoms with E-state index < -0.39 is 11.8 Å². The number of carboxylic acids is 1. The van der Waals surface area contributed by atoms with Crippen molar-refractivity contribution in [3.63, 3.8) is 0 Å². The average Bonchev–Trinajstić information content (AvgIpc) is 2.66. The van der Waals surface area contributed by atoms with Crippen molar-refractivity contribution in [3.05, 3.63) is 58.9 Å². The third-order valence-corrected chi connectivity index (χ3v) is 5.26. The summed E-state index contributed by atoms with van der Waals surface area (Å²) in [4.78, 5) is 11.1. The second-order valence-electron chi connectivity index (χ2n) is 6.72. The Morgan fingerprint density at radius 3 is 2.88 bits per heavy atom. The minimum atomic E-state index is -1.26. The molecule has 4 rings (SSSR count). The van der Waals surface area contributed by atoms with E-state index in [1.165, 1.54) is 12.1 Å². The van der Waals surface area contributed by atoms with Gasteiger partial charge in [-0.05, 0) is 48.7 Å². The number of benzene rings is 2. The summed E-state index contributed by atoms with van der Waals surface area (Å²) in [6, 6.07) is 9.99. The lowest BCUT2D eigenvalue weighted by Crippen LogP contribution is -2.36. The molecule has 0 spiro atoms. The molecule has 1 saturated heterocycles. The maximum absolute atomic E-state index is 14.2. The number of rotatable bonds is 3. The van der Waals surface area contributed by atoms with E-state index in [1.807, 2.05) is 18.2 Å². The summed E-state index contributed by atoms with van der Waals surface area (Å²) >= 11 is 0. The predicted molar refractivity (Wildman–Crippen MR) is 94.1 cm³/mol. The number of carbonyl (C=O) groups is 1. The van der Waals surface area contributed by atoms with Gasteiger partial charge in [-0.1, -0.05) is 6.07 Å². The number of ether oxygens (including phenoxy) is 2. The van der Waals surface area contributed by atoms with Crippen LogP contribution < -0.4 is 10.1 Å². The van der Waals surface area contributed by atoms with Crippen LogP contribution in [0.15, 0.2) is 36.4 Å². The first-order valence-corrected chi connectivity index (χ1v) is 8.67. The van der Waals surface area contributed by atoms with Crippen molar-refractivity contribution in [2.75, 3.05) is 19.0 Å². The SMILES string of the molecule is COc1ccc2c(c1)[C@@H]1OCCC[C@@H]1[C@@H](c1ccc(C(=O)O)c(F)c1)N2. The van der Waals surface area contributed by atoms with E-state index in [2.05, 4.69) is 5.32 Å². The van der Waals surface area contributed by atoms with Crippen LogP contribution in [0.2, 0.25) is 0 Å². The molecule has 3 atom stereocenters. The summed E-state index contributed by atoms with van der Waals surface area (Å²) in [7, 11) is 1.63. The van der Waals surface area contributed by atoms with E-state index in [9.17, 15) is 9.18 Å². The van der Waals surface area contributed by atoms with E-state index in [-0.39, 0.29) is 23.6 Å². The molecule has 0 unspecified atom stereocenters. The Labute approximate surface area is 150 Å². The Morgan fingerprint density at radius 2 is 2.15 bits per heavy atom. The number of carboxylic acid groups (broad SMARTS) is 1. The third-order valence-electron chi connectivity index (χ3n) is 5.26. The number of aromatic carboxylic acids is 1. The first kappa shape index (κ1) is 16.8. The van der Waals surface area contributed by atoms with Crippen molar-refractivity contribution < 1.29 is 23.8 Å². The van der Waals surface area contributed by atoms with Crippen LogP contribution in [0.25, 0.3) is 0 Å². The van der Waals surface area contributed by atoms with E-state index >= 15 is 0 Å². The maximum atomic E-state index is 14.2. The normalized spacial score (nSPS) is 24.2. The third kappa shape index (κ3) is 2.80. The van der Waals surface area contributed by atoms with Gasteiger partial charge in [0.1, 0.15) is 11.6 Å². The molecule has 0 radical (unpaired) electrons. The lowest BCUT2D eigenvalue weighted by Gasteiger charge is -2.43. The number of hydrogen-bond acceptors (Lipinski definition) is 4. The van der Waals surface area contributed by atoms with Crippen LogP contribution in [0.5, 0.6) is 5.75 Å². The fraction of sp³-hybridized carbons (Fsp3) is 0.350. The molecule has 136 valence electrons. The Morgan fingerprint density at radius 1 is 1.31 bits per heavy atom. The quantitative estimate of drug-likeness (QED) is 0.863. The molecule has 2 aromatic rings. The van der Waals surface area contributed by atoms with Crippen molar-refractivity contribution in [2.45, 2.75) is 25.0 Å². The zero-order valence-electron chi connectivity index (χ0n) is 14.4. The first-order chi connectivity index (χ1) is 12.6. The largest absolute Gasteiger partial charge is 0.497 e. The molecule has 2 aromatic carbocycles. The molecule has 0 amide bonds. The molecule has 1 fully saturated rings. The smallest absolute Gasteiger partial charge is 0.338 e. The van der Waals surface area contributed by atoms with Gasteiger partial charge >= 0.3 is 5.97 Å². The zero-order valence-corrected chi connectivity index (χ0v) is 14.4. The van der Waals surface area contributed by atoms with Gasteiger partial charge in [-0.15, -0.1) is 0 Å². The van der Waals surface area contributed by atoms with Gasteiger partial charge in [0.25, 0.3) is 0 Å². The summed E-state index contributed by atoms with van der Waals surface area (Å²) in [5.74, 6) is -1.07. The number of halogens is 1. The molecule has 2 heterocycles. The van der Waals surface area contributed by atoms with E-state index in [4.69, 9.17) is 14.6 Å². The lowest BCUT2D eigenvalue weighted by atomic mass is 9.77. The number of methoxy groups -OCH3 is 1. The second-order valence-corrected chi connectivity index (χ2v) is 6.72. The number of hydrogen-bond donors (Lipinski definition) is 2. The van der Waals surface area contributed by atoms with Gasteiger partial charge in [-0.3, -0.25) is 0 Å². The highest BCUT2D eigenvalue weighted by molar-refractivity contribution is 5.88. The molecule has 5 nitrogen and oxygen atoms in total. The molecule has 0 aromatic heterocycles. The second kappa shape index (κ2) is 6.61.